The van der Waals surface area contributed by atoms with Crippen LogP contribution in [0.1, 0.15) is 65.7 Å². The normalized spacial score (nSPS) is 32.4. The molecule has 1 N–H and O–H groups in total. The van der Waals surface area contributed by atoms with E-state index in [0.29, 0.717) is 6.04 Å². The summed E-state index contributed by atoms with van der Waals surface area (Å²) in [6, 6.07) is 1.63. The molecule has 1 aliphatic carbocycles. The molecule has 1 aliphatic heterocycles. The van der Waals surface area contributed by atoms with Gasteiger partial charge in [0.2, 0.25) is 0 Å². The van der Waals surface area contributed by atoms with E-state index in [4.69, 9.17) is 0 Å². The summed E-state index contributed by atoms with van der Waals surface area (Å²) in [5.74, 6) is 1.94. The van der Waals surface area contributed by atoms with Gasteiger partial charge in [-0.05, 0) is 76.9 Å². The molecule has 0 aromatic carbocycles. The van der Waals surface area contributed by atoms with Crippen molar-refractivity contribution in [2.24, 2.45) is 11.8 Å². The Kier molecular flexibility index (Phi) is 6.15. The molecule has 112 valence electrons. The van der Waals surface area contributed by atoms with Crippen molar-refractivity contribution in [1.29, 1.82) is 0 Å². The summed E-state index contributed by atoms with van der Waals surface area (Å²) in [5, 5.41) is 3.60. The van der Waals surface area contributed by atoms with Gasteiger partial charge in [-0.25, -0.2) is 0 Å². The fraction of sp³-hybridized carbons (Fsp3) is 1.00. The van der Waals surface area contributed by atoms with Crippen molar-refractivity contribution in [2.45, 2.75) is 77.8 Å². The highest BCUT2D eigenvalue weighted by Crippen LogP contribution is 2.32. The Bertz CT molecular complexity index is 238. The molecule has 0 radical (unpaired) electrons. The second-order valence-corrected chi connectivity index (χ2v) is 6.80. The quantitative estimate of drug-likeness (QED) is 0.817. The molecule has 1 saturated heterocycles. The largest absolute Gasteiger partial charge is 0.314 e. The van der Waals surface area contributed by atoms with Crippen LogP contribution in [-0.4, -0.2) is 36.6 Å². The van der Waals surface area contributed by atoms with E-state index in [0.717, 1.165) is 24.4 Å². The van der Waals surface area contributed by atoms with Gasteiger partial charge in [-0.3, -0.25) is 0 Å². The fourth-order valence-corrected chi connectivity index (χ4v) is 4.19. The van der Waals surface area contributed by atoms with Crippen LogP contribution in [0, 0.1) is 11.8 Å². The number of nitrogens with one attached hydrogen (secondary N) is 1. The SMILES string of the molecule is CCNC(C)C1CCN(C2CCC(CC)CC2)CC1. The first-order chi connectivity index (χ1) is 9.24. The highest BCUT2D eigenvalue weighted by Gasteiger charge is 2.29. The van der Waals surface area contributed by atoms with E-state index >= 15 is 0 Å². The zero-order valence-electron chi connectivity index (χ0n) is 13.3. The van der Waals surface area contributed by atoms with Crippen LogP contribution < -0.4 is 5.32 Å². The number of hydrogen-bond donors (Lipinski definition) is 1. The lowest BCUT2D eigenvalue weighted by atomic mass is 9.82. The highest BCUT2D eigenvalue weighted by molar-refractivity contribution is 4.85. The lowest BCUT2D eigenvalue weighted by Gasteiger charge is -2.42. The van der Waals surface area contributed by atoms with Crippen LogP contribution in [0.15, 0.2) is 0 Å². The summed E-state index contributed by atoms with van der Waals surface area (Å²) < 4.78 is 0. The van der Waals surface area contributed by atoms with E-state index in [1.54, 1.807) is 0 Å². The Morgan fingerprint density at radius 3 is 2.16 bits per heavy atom. The predicted octanol–water partition coefficient (Wildman–Crippen LogP) is 3.67. The molecule has 0 bridgehead atoms. The lowest BCUT2D eigenvalue weighted by molar-refractivity contribution is 0.0856. The molecule has 0 aromatic rings. The Morgan fingerprint density at radius 1 is 1.00 bits per heavy atom. The minimum absolute atomic E-state index is 0.711. The van der Waals surface area contributed by atoms with Crippen molar-refractivity contribution < 1.29 is 0 Å². The van der Waals surface area contributed by atoms with Gasteiger partial charge >= 0.3 is 0 Å². The minimum Gasteiger partial charge on any atom is -0.314 e. The Labute approximate surface area is 120 Å². The van der Waals surface area contributed by atoms with Gasteiger partial charge < -0.3 is 10.2 Å². The van der Waals surface area contributed by atoms with Crippen molar-refractivity contribution in [2.75, 3.05) is 19.6 Å². The van der Waals surface area contributed by atoms with E-state index in [9.17, 15) is 0 Å². The molecular weight excluding hydrogens is 232 g/mol. The first kappa shape index (κ1) is 15.3. The summed E-state index contributed by atoms with van der Waals surface area (Å²) in [7, 11) is 0. The molecule has 2 nitrogen and oxygen atoms in total. The number of rotatable bonds is 5. The Hall–Kier alpha value is -0.0800. The monoisotopic (exact) mass is 266 g/mol. The molecule has 0 spiro atoms. The van der Waals surface area contributed by atoms with E-state index in [-0.39, 0.29) is 0 Å². The van der Waals surface area contributed by atoms with Crippen LogP contribution in [0.2, 0.25) is 0 Å². The summed E-state index contributed by atoms with van der Waals surface area (Å²) in [6.07, 6.45) is 10.1. The van der Waals surface area contributed by atoms with Crippen LogP contribution in [0.4, 0.5) is 0 Å². The van der Waals surface area contributed by atoms with Gasteiger partial charge in [0.1, 0.15) is 0 Å². The van der Waals surface area contributed by atoms with Crippen molar-refractivity contribution >= 4 is 0 Å². The van der Waals surface area contributed by atoms with E-state index in [1.807, 2.05) is 0 Å². The van der Waals surface area contributed by atoms with Crippen LogP contribution in [0.5, 0.6) is 0 Å². The maximum atomic E-state index is 3.60. The van der Waals surface area contributed by atoms with Gasteiger partial charge in [-0.2, -0.15) is 0 Å². The van der Waals surface area contributed by atoms with Crippen molar-refractivity contribution in [3.05, 3.63) is 0 Å². The smallest absolute Gasteiger partial charge is 0.00954 e. The van der Waals surface area contributed by atoms with Crippen LogP contribution in [0.25, 0.3) is 0 Å². The van der Waals surface area contributed by atoms with Crippen molar-refractivity contribution in [3.8, 4) is 0 Å². The summed E-state index contributed by atoms with van der Waals surface area (Å²) >= 11 is 0. The molecule has 19 heavy (non-hydrogen) atoms. The third-order valence-corrected chi connectivity index (χ3v) is 5.72. The number of piperidine rings is 1. The van der Waals surface area contributed by atoms with E-state index in [1.165, 1.54) is 58.0 Å². The van der Waals surface area contributed by atoms with Crippen molar-refractivity contribution in [3.63, 3.8) is 0 Å². The van der Waals surface area contributed by atoms with Crippen LogP contribution in [-0.2, 0) is 0 Å². The van der Waals surface area contributed by atoms with Crippen LogP contribution >= 0.6 is 0 Å². The van der Waals surface area contributed by atoms with E-state index in [2.05, 4.69) is 31.0 Å². The molecule has 1 unspecified atom stereocenters. The second-order valence-electron chi connectivity index (χ2n) is 6.80. The fourth-order valence-electron chi connectivity index (χ4n) is 4.19. The number of nitrogens with zero attached hydrogens (tertiary/aromatic N) is 1. The Balaban J connectivity index is 1.71. The van der Waals surface area contributed by atoms with E-state index < -0.39 is 0 Å². The average Bonchev–Trinajstić information content (AvgIpc) is 2.48. The zero-order chi connectivity index (χ0) is 13.7. The van der Waals surface area contributed by atoms with Gasteiger partial charge in [0.25, 0.3) is 0 Å². The Morgan fingerprint density at radius 2 is 1.63 bits per heavy atom. The summed E-state index contributed by atoms with van der Waals surface area (Å²) in [6.45, 7) is 10.8. The first-order valence-electron chi connectivity index (χ1n) is 8.72. The van der Waals surface area contributed by atoms with Crippen molar-refractivity contribution in [1.82, 2.24) is 10.2 Å². The molecule has 0 aromatic heterocycles. The molecule has 2 heteroatoms. The molecule has 2 rings (SSSR count). The molecule has 1 saturated carbocycles. The molecule has 2 fully saturated rings. The zero-order valence-corrected chi connectivity index (χ0v) is 13.3. The second kappa shape index (κ2) is 7.64. The number of likely N-dealkylation sites (tertiary alicyclic amines) is 1. The standard InChI is InChI=1S/C17H34N2/c1-4-15-6-8-17(9-7-15)19-12-10-16(11-13-19)14(3)18-5-2/h14-18H,4-13H2,1-3H3. The first-order valence-corrected chi connectivity index (χ1v) is 8.72. The van der Waals surface area contributed by atoms with Gasteiger partial charge in [0.05, 0.1) is 0 Å². The average molecular weight is 266 g/mol. The maximum Gasteiger partial charge on any atom is 0.00954 e. The third-order valence-electron chi connectivity index (χ3n) is 5.72. The van der Waals surface area contributed by atoms with Gasteiger partial charge in [0, 0.05) is 12.1 Å². The summed E-state index contributed by atoms with van der Waals surface area (Å²) in [4.78, 5) is 2.81. The minimum atomic E-state index is 0.711. The molecule has 0 amide bonds. The molecule has 1 atom stereocenters. The number of hydrogen-bond acceptors (Lipinski definition) is 2. The lowest BCUT2D eigenvalue weighted by Crippen LogP contribution is -2.46. The highest BCUT2D eigenvalue weighted by atomic mass is 15.2. The molecular formula is C17H34N2. The molecule has 1 heterocycles. The van der Waals surface area contributed by atoms with Crippen LogP contribution in [0.3, 0.4) is 0 Å². The topological polar surface area (TPSA) is 15.3 Å². The predicted molar refractivity (Wildman–Crippen MR) is 83.5 cm³/mol. The maximum absolute atomic E-state index is 3.60. The van der Waals surface area contributed by atoms with Gasteiger partial charge in [-0.1, -0.05) is 20.3 Å². The summed E-state index contributed by atoms with van der Waals surface area (Å²) in [5.41, 5.74) is 0. The van der Waals surface area contributed by atoms with Gasteiger partial charge in [-0.15, -0.1) is 0 Å². The third kappa shape index (κ3) is 4.19. The molecule has 2 aliphatic rings. The van der Waals surface area contributed by atoms with Gasteiger partial charge in [0.15, 0.2) is 0 Å².